The highest BCUT2D eigenvalue weighted by atomic mass is 32.2. The predicted octanol–water partition coefficient (Wildman–Crippen LogP) is 6.83. The standard InChI is InChI=1S/C29H27NO5S/c1-19(2)35-28-21(17-30-25-14-13-22(33-3)16-24(25)28)18-34-26-12-8-7-9-20(26)15-27(29(31)32)36-23-10-5-4-6-11-23/h4-17,19H,18H2,1-3H3,(H,31,32). The summed E-state index contributed by atoms with van der Waals surface area (Å²) in [5.74, 6) is 0.960. The van der Waals surface area contributed by atoms with Gasteiger partial charge in [0.1, 0.15) is 23.9 Å². The maximum absolute atomic E-state index is 12.0. The SMILES string of the molecule is COc1ccc2ncc(COc3ccccc3C=C(Sc3ccccc3)C(=O)O)c(OC(C)C)c2c1. The van der Waals surface area contributed by atoms with Crippen LogP contribution in [0.1, 0.15) is 25.0 Å². The number of ether oxygens (including phenoxy) is 3. The van der Waals surface area contributed by atoms with E-state index in [1.54, 1.807) is 19.4 Å². The van der Waals surface area contributed by atoms with Crippen molar-refractivity contribution < 1.29 is 24.1 Å². The average Bonchev–Trinajstić information content (AvgIpc) is 2.88. The second kappa shape index (κ2) is 11.6. The molecule has 0 aliphatic carbocycles. The topological polar surface area (TPSA) is 77.9 Å². The summed E-state index contributed by atoms with van der Waals surface area (Å²) < 4.78 is 17.7. The lowest BCUT2D eigenvalue weighted by Crippen LogP contribution is -2.10. The number of carboxylic acids is 1. The van der Waals surface area contributed by atoms with Crippen molar-refractivity contribution in [3.8, 4) is 17.2 Å². The molecule has 0 aliphatic heterocycles. The van der Waals surface area contributed by atoms with Crippen LogP contribution in [0.2, 0.25) is 0 Å². The molecule has 0 aliphatic rings. The molecule has 0 spiro atoms. The molecule has 6 nitrogen and oxygen atoms in total. The van der Waals surface area contributed by atoms with Gasteiger partial charge < -0.3 is 19.3 Å². The number of benzene rings is 3. The maximum atomic E-state index is 12.0. The molecule has 0 radical (unpaired) electrons. The van der Waals surface area contributed by atoms with Gasteiger partial charge in [-0.3, -0.25) is 4.98 Å². The molecule has 184 valence electrons. The van der Waals surface area contributed by atoms with E-state index in [-0.39, 0.29) is 17.6 Å². The first-order valence-electron chi connectivity index (χ1n) is 11.5. The molecule has 3 aromatic carbocycles. The summed E-state index contributed by atoms with van der Waals surface area (Å²) in [5, 5.41) is 10.6. The molecule has 7 heteroatoms. The van der Waals surface area contributed by atoms with Gasteiger partial charge in [0.25, 0.3) is 0 Å². The molecule has 0 saturated heterocycles. The molecule has 4 rings (SSSR count). The first-order chi connectivity index (χ1) is 17.4. The second-order valence-electron chi connectivity index (χ2n) is 8.22. The average molecular weight is 502 g/mol. The number of carboxylic acid groups (broad SMARTS) is 1. The molecule has 36 heavy (non-hydrogen) atoms. The Morgan fingerprint density at radius 2 is 1.81 bits per heavy atom. The Morgan fingerprint density at radius 3 is 2.53 bits per heavy atom. The number of rotatable bonds is 10. The zero-order chi connectivity index (χ0) is 25.5. The summed E-state index contributed by atoms with van der Waals surface area (Å²) in [6.07, 6.45) is 3.33. The van der Waals surface area contributed by atoms with Crippen molar-refractivity contribution in [1.29, 1.82) is 0 Å². The number of aromatic nitrogens is 1. The van der Waals surface area contributed by atoms with E-state index in [0.717, 1.165) is 21.4 Å². The second-order valence-corrected chi connectivity index (χ2v) is 9.33. The lowest BCUT2D eigenvalue weighted by atomic mass is 10.1. The molecular formula is C29H27NO5S. The molecule has 4 aromatic rings. The molecule has 1 aromatic heterocycles. The van der Waals surface area contributed by atoms with Crippen molar-refractivity contribution in [2.24, 2.45) is 0 Å². The van der Waals surface area contributed by atoms with Crippen molar-refractivity contribution >= 4 is 34.7 Å². The van der Waals surface area contributed by atoms with Crippen molar-refractivity contribution in [3.05, 3.63) is 95.0 Å². The molecule has 0 amide bonds. The Morgan fingerprint density at radius 1 is 1.06 bits per heavy atom. The third-order valence-corrected chi connectivity index (χ3v) is 6.24. The van der Waals surface area contributed by atoms with E-state index in [2.05, 4.69) is 4.98 Å². The lowest BCUT2D eigenvalue weighted by molar-refractivity contribution is -0.131. The molecule has 0 fully saturated rings. The zero-order valence-electron chi connectivity index (χ0n) is 20.3. The Hall–Kier alpha value is -3.97. The summed E-state index contributed by atoms with van der Waals surface area (Å²) in [4.78, 5) is 17.6. The highest BCUT2D eigenvalue weighted by Crippen LogP contribution is 2.34. The summed E-state index contributed by atoms with van der Waals surface area (Å²) in [7, 11) is 1.62. The van der Waals surface area contributed by atoms with E-state index < -0.39 is 5.97 Å². The highest BCUT2D eigenvalue weighted by molar-refractivity contribution is 8.04. The van der Waals surface area contributed by atoms with E-state index in [0.29, 0.717) is 22.8 Å². The summed E-state index contributed by atoms with van der Waals surface area (Å²) in [5.41, 5.74) is 2.24. The largest absolute Gasteiger partial charge is 0.497 e. The lowest BCUT2D eigenvalue weighted by Gasteiger charge is -2.18. The van der Waals surface area contributed by atoms with Crippen LogP contribution in [0.25, 0.3) is 17.0 Å². The van der Waals surface area contributed by atoms with Crippen LogP contribution in [0, 0.1) is 0 Å². The number of thioether (sulfide) groups is 1. The maximum Gasteiger partial charge on any atom is 0.342 e. The molecule has 0 bridgehead atoms. The van der Waals surface area contributed by atoms with E-state index in [1.165, 1.54) is 11.8 Å². The predicted molar refractivity (Wildman–Crippen MR) is 143 cm³/mol. The van der Waals surface area contributed by atoms with Crippen LogP contribution < -0.4 is 14.2 Å². The summed E-state index contributed by atoms with van der Waals surface area (Å²) in [6.45, 7) is 4.13. The minimum Gasteiger partial charge on any atom is -0.497 e. The zero-order valence-corrected chi connectivity index (χ0v) is 21.1. The van der Waals surface area contributed by atoms with Crippen molar-refractivity contribution in [2.45, 2.75) is 31.5 Å². The highest BCUT2D eigenvalue weighted by Gasteiger charge is 2.15. The quantitative estimate of drug-likeness (QED) is 0.189. The van der Waals surface area contributed by atoms with Gasteiger partial charge in [0, 0.05) is 22.0 Å². The molecule has 0 atom stereocenters. The Labute approximate surface area is 214 Å². The first-order valence-corrected chi connectivity index (χ1v) is 12.3. The molecule has 1 N–H and O–H groups in total. The smallest absolute Gasteiger partial charge is 0.342 e. The minimum absolute atomic E-state index is 0.0519. The summed E-state index contributed by atoms with van der Waals surface area (Å²) >= 11 is 1.19. The van der Waals surface area contributed by atoms with Crippen LogP contribution in [0.15, 0.2) is 88.8 Å². The van der Waals surface area contributed by atoms with Crippen LogP contribution in [0.4, 0.5) is 0 Å². The van der Waals surface area contributed by atoms with Crippen molar-refractivity contribution in [1.82, 2.24) is 4.98 Å². The third-order valence-electron chi connectivity index (χ3n) is 5.22. The Bertz CT molecular complexity index is 1390. The molecule has 1 heterocycles. The van der Waals surface area contributed by atoms with Gasteiger partial charge in [0.05, 0.1) is 29.2 Å². The van der Waals surface area contributed by atoms with Crippen LogP contribution in [0.5, 0.6) is 17.2 Å². The van der Waals surface area contributed by atoms with Gasteiger partial charge in [-0.25, -0.2) is 4.79 Å². The molecule has 0 saturated carbocycles. The number of fused-ring (bicyclic) bond motifs is 1. The summed E-state index contributed by atoms with van der Waals surface area (Å²) in [6, 6.07) is 22.4. The van der Waals surface area contributed by atoms with E-state index in [9.17, 15) is 9.90 Å². The van der Waals surface area contributed by atoms with Gasteiger partial charge >= 0.3 is 5.97 Å². The van der Waals surface area contributed by atoms with Gasteiger partial charge in [0.15, 0.2) is 0 Å². The van der Waals surface area contributed by atoms with Gasteiger partial charge in [-0.15, -0.1) is 0 Å². The molecular weight excluding hydrogens is 474 g/mol. The number of hydrogen-bond acceptors (Lipinski definition) is 6. The van der Waals surface area contributed by atoms with Crippen LogP contribution in [0.3, 0.4) is 0 Å². The van der Waals surface area contributed by atoms with Gasteiger partial charge in [-0.1, -0.05) is 48.2 Å². The number of methoxy groups -OCH3 is 1. The van der Waals surface area contributed by atoms with Gasteiger partial charge in [-0.2, -0.15) is 0 Å². The fourth-order valence-corrected chi connectivity index (χ4v) is 4.39. The van der Waals surface area contributed by atoms with E-state index in [4.69, 9.17) is 14.2 Å². The fraction of sp³-hybridized carbons (Fsp3) is 0.172. The third kappa shape index (κ3) is 6.17. The fourth-order valence-electron chi connectivity index (χ4n) is 3.57. The van der Waals surface area contributed by atoms with Gasteiger partial charge in [0.2, 0.25) is 0 Å². The number of nitrogens with zero attached hydrogens (tertiary/aromatic N) is 1. The van der Waals surface area contributed by atoms with Crippen LogP contribution in [-0.4, -0.2) is 29.3 Å². The minimum atomic E-state index is -1.00. The number of hydrogen-bond donors (Lipinski definition) is 1. The Kier molecular flexibility index (Phi) is 8.13. The number of carbonyl (C=O) groups is 1. The van der Waals surface area contributed by atoms with Crippen LogP contribution >= 0.6 is 11.8 Å². The van der Waals surface area contributed by atoms with E-state index in [1.807, 2.05) is 86.6 Å². The normalized spacial score (nSPS) is 11.5. The van der Waals surface area contributed by atoms with Crippen molar-refractivity contribution in [3.63, 3.8) is 0 Å². The van der Waals surface area contributed by atoms with Crippen LogP contribution in [-0.2, 0) is 11.4 Å². The molecule has 0 unspecified atom stereocenters. The monoisotopic (exact) mass is 501 g/mol. The van der Waals surface area contributed by atoms with E-state index >= 15 is 0 Å². The first kappa shape index (κ1) is 25.1. The number of aliphatic carboxylic acids is 1. The number of para-hydroxylation sites is 1. The van der Waals surface area contributed by atoms with Crippen molar-refractivity contribution in [2.75, 3.05) is 7.11 Å². The van der Waals surface area contributed by atoms with Gasteiger partial charge in [-0.05, 0) is 56.3 Å². The Balaban J connectivity index is 1.65. The number of pyridine rings is 1.